The number of hydrogen-bond acceptors (Lipinski definition) is 3. The predicted octanol–water partition coefficient (Wildman–Crippen LogP) is 3.45. The summed E-state index contributed by atoms with van der Waals surface area (Å²) in [5.74, 6) is -0.196. The van der Waals surface area contributed by atoms with Gasteiger partial charge in [-0.2, -0.15) is 4.31 Å². The maximum Gasteiger partial charge on any atom is 0.268 e. The zero-order valence-corrected chi connectivity index (χ0v) is 18.1. The lowest BCUT2D eigenvalue weighted by Gasteiger charge is -2.18. The van der Waals surface area contributed by atoms with E-state index < -0.39 is 10.0 Å². The Bertz CT molecular complexity index is 1150. The molecule has 7 heteroatoms. The summed E-state index contributed by atoms with van der Waals surface area (Å²) < 4.78 is 28.8. The standard InChI is InChI=1S/C22H27N3O3S/c1-5-25(6-2)29(27,28)19-10-11-20-18(13-19)14-21(24(20)4)22(26)23-15-17-9-7-8-16(3)12-17/h7-14H,5-6,15H2,1-4H3,(H,23,26). The predicted molar refractivity (Wildman–Crippen MR) is 115 cm³/mol. The van der Waals surface area contributed by atoms with Gasteiger partial charge in [-0.3, -0.25) is 4.79 Å². The lowest BCUT2D eigenvalue weighted by Crippen LogP contribution is -2.30. The molecule has 0 atom stereocenters. The quantitative estimate of drug-likeness (QED) is 0.645. The van der Waals surface area contributed by atoms with Crippen molar-refractivity contribution in [2.45, 2.75) is 32.2 Å². The molecule has 6 nitrogen and oxygen atoms in total. The van der Waals surface area contributed by atoms with Crippen molar-refractivity contribution in [1.82, 2.24) is 14.2 Å². The largest absolute Gasteiger partial charge is 0.347 e. The highest BCUT2D eigenvalue weighted by Crippen LogP contribution is 2.24. The van der Waals surface area contributed by atoms with Gasteiger partial charge in [0.1, 0.15) is 5.69 Å². The van der Waals surface area contributed by atoms with Crippen LogP contribution in [-0.4, -0.2) is 36.3 Å². The summed E-state index contributed by atoms with van der Waals surface area (Å²) in [5.41, 5.74) is 3.47. The van der Waals surface area contributed by atoms with Gasteiger partial charge >= 0.3 is 0 Å². The Morgan fingerprint density at radius 1 is 1.07 bits per heavy atom. The van der Waals surface area contributed by atoms with Gasteiger partial charge in [0.15, 0.2) is 0 Å². The molecule has 1 N–H and O–H groups in total. The first-order valence-corrected chi connectivity index (χ1v) is 11.1. The highest BCUT2D eigenvalue weighted by molar-refractivity contribution is 7.89. The minimum Gasteiger partial charge on any atom is -0.347 e. The number of rotatable bonds is 7. The fourth-order valence-corrected chi connectivity index (χ4v) is 5.01. The highest BCUT2D eigenvalue weighted by Gasteiger charge is 2.23. The van der Waals surface area contributed by atoms with Crippen LogP contribution >= 0.6 is 0 Å². The Morgan fingerprint density at radius 3 is 2.45 bits per heavy atom. The molecule has 29 heavy (non-hydrogen) atoms. The Kier molecular flexibility index (Phi) is 6.10. The number of aryl methyl sites for hydroxylation is 2. The fourth-order valence-electron chi connectivity index (χ4n) is 3.51. The zero-order chi connectivity index (χ0) is 21.2. The van der Waals surface area contributed by atoms with Gasteiger partial charge in [-0.1, -0.05) is 43.7 Å². The van der Waals surface area contributed by atoms with Crippen LogP contribution in [0.3, 0.4) is 0 Å². The average molecular weight is 414 g/mol. The van der Waals surface area contributed by atoms with E-state index in [0.717, 1.165) is 22.0 Å². The molecule has 0 aliphatic carbocycles. The van der Waals surface area contributed by atoms with Crippen molar-refractivity contribution >= 4 is 26.8 Å². The van der Waals surface area contributed by atoms with E-state index in [-0.39, 0.29) is 10.8 Å². The van der Waals surface area contributed by atoms with E-state index in [1.807, 2.05) is 52.1 Å². The van der Waals surface area contributed by atoms with Crippen molar-refractivity contribution in [3.63, 3.8) is 0 Å². The molecule has 1 amide bonds. The molecule has 0 bridgehead atoms. The van der Waals surface area contributed by atoms with Crippen molar-refractivity contribution in [2.24, 2.45) is 7.05 Å². The van der Waals surface area contributed by atoms with Gasteiger partial charge in [-0.15, -0.1) is 0 Å². The minimum atomic E-state index is -3.54. The Morgan fingerprint density at radius 2 is 1.79 bits per heavy atom. The van der Waals surface area contributed by atoms with E-state index >= 15 is 0 Å². The van der Waals surface area contributed by atoms with E-state index in [4.69, 9.17) is 0 Å². The van der Waals surface area contributed by atoms with Crippen LogP contribution < -0.4 is 5.32 Å². The van der Waals surface area contributed by atoms with Crippen LogP contribution in [0.5, 0.6) is 0 Å². The third kappa shape index (κ3) is 4.21. The van der Waals surface area contributed by atoms with Gasteiger partial charge in [0, 0.05) is 37.6 Å². The van der Waals surface area contributed by atoms with E-state index in [0.29, 0.717) is 25.3 Å². The SMILES string of the molecule is CCN(CC)S(=O)(=O)c1ccc2c(c1)cc(C(=O)NCc1cccc(C)c1)n2C. The molecule has 0 spiro atoms. The molecule has 2 aromatic carbocycles. The molecule has 154 valence electrons. The monoisotopic (exact) mass is 413 g/mol. The summed E-state index contributed by atoms with van der Waals surface area (Å²) in [5, 5.41) is 3.66. The maximum absolute atomic E-state index is 12.8. The van der Waals surface area contributed by atoms with Crippen molar-refractivity contribution in [3.8, 4) is 0 Å². The van der Waals surface area contributed by atoms with E-state index in [1.54, 1.807) is 28.8 Å². The van der Waals surface area contributed by atoms with Crippen LogP contribution in [0, 0.1) is 6.92 Å². The van der Waals surface area contributed by atoms with E-state index in [1.165, 1.54) is 4.31 Å². The van der Waals surface area contributed by atoms with Gasteiger partial charge in [0.05, 0.1) is 4.90 Å². The summed E-state index contributed by atoms with van der Waals surface area (Å²) in [4.78, 5) is 13.0. The van der Waals surface area contributed by atoms with Crippen molar-refractivity contribution in [2.75, 3.05) is 13.1 Å². The van der Waals surface area contributed by atoms with Crippen LogP contribution in [0.1, 0.15) is 35.5 Å². The maximum atomic E-state index is 12.8. The molecule has 0 unspecified atom stereocenters. The van der Waals surface area contributed by atoms with Crippen LogP contribution in [-0.2, 0) is 23.6 Å². The van der Waals surface area contributed by atoms with Crippen molar-refractivity contribution in [1.29, 1.82) is 0 Å². The summed E-state index contributed by atoms with van der Waals surface area (Å²) in [6.07, 6.45) is 0. The average Bonchev–Trinajstić information content (AvgIpc) is 3.03. The molecular formula is C22H27N3O3S. The number of sulfonamides is 1. The van der Waals surface area contributed by atoms with Crippen molar-refractivity contribution < 1.29 is 13.2 Å². The third-order valence-corrected chi connectivity index (χ3v) is 7.17. The molecule has 0 radical (unpaired) electrons. The smallest absolute Gasteiger partial charge is 0.268 e. The lowest BCUT2D eigenvalue weighted by molar-refractivity contribution is 0.0943. The molecule has 1 aromatic heterocycles. The molecule has 0 saturated carbocycles. The third-order valence-electron chi connectivity index (χ3n) is 5.13. The van der Waals surface area contributed by atoms with Gasteiger partial charge < -0.3 is 9.88 Å². The number of amides is 1. The second kappa shape index (κ2) is 8.39. The summed E-state index contributed by atoms with van der Waals surface area (Å²) >= 11 is 0. The summed E-state index contributed by atoms with van der Waals surface area (Å²) in [6, 6.07) is 14.7. The highest BCUT2D eigenvalue weighted by atomic mass is 32.2. The number of aromatic nitrogens is 1. The first-order chi connectivity index (χ1) is 13.8. The molecule has 1 heterocycles. The zero-order valence-electron chi connectivity index (χ0n) is 17.3. The summed E-state index contributed by atoms with van der Waals surface area (Å²) in [6.45, 7) is 6.91. The number of carbonyl (C=O) groups excluding carboxylic acids is 1. The van der Waals surface area contributed by atoms with Crippen LogP contribution in [0.15, 0.2) is 53.4 Å². The number of hydrogen-bond donors (Lipinski definition) is 1. The summed E-state index contributed by atoms with van der Waals surface area (Å²) in [7, 11) is -1.74. The topological polar surface area (TPSA) is 71.4 Å². The van der Waals surface area contributed by atoms with Crippen LogP contribution in [0.2, 0.25) is 0 Å². The number of fused-ring (bicyclic) bond motifs is 1. The van der Waals surface area contributed by atoms with Crippen molar-refractivity contribution in [3.05, 3.63) is 65.4 Å². The Balaban J connectivity index is 1.88. The number of nitrogens with zero attached hydrogens (tertiary/aromatic N) is 2. The van der Waals surface area contributed by atoms with Gasteiger partial charge in [0.25, 0.3) is 5.91 Å². The second-order valence-corrected chi connectivity index (χ2v) is 9.01. The molecular weight excluding hydrogens is 386 g/mol. The first-order valence-electron chi connectivity index (χ1n) is 9.71. The lowest BCUT2D eigenvalue weighted by atomic mass is 10.1. The Labute approximate surface area is 172 Å². The molecule has 0 aliphatic rings. The number of carbonyl (C=O) groups is 1. The molecule has 3 rings (SSSR count). The normalized spacial score (nSPS) is 11.9. The molecule has 0 aliphatic heterocycles. The second-order valence-electron chi connectivity index (χ2n) is 7.07. The van der Waals surface area contributed by atoms with Gasteiger partial charge in [-0.05, 0) is 36.8 Å². The number of nitrogens with one attached hydrogen (secondary N) is 1. The Hall–Kier alpha value is -2.64. The minimum absolute atomic E-state index is 0.196. The number of benzene rings is 2. The van der Waals surface area contributed by atoms with Gasteiger partial charge in [0.2, 0.25) is 10.0 Å². The molecule has 0 fully saturated rings. The van der Waals surface area contributed by atoms with Crippen LogP contribution in [0.4, 0.5) is 0 Å². The molecule has 3 aromatic rings. The fraction of sp³-hybridized carbons (Fsp3) is 0.318. The van der Waals surface area contributed by atoms with Gasteiger partial charge in [-0.25, -0.2) is 8.42 Å². The van der Waals surface area contributed by atoms with E-state index in [9.17, 15) is 13.2 Å². The van der Waals surface area contributed by atoms with Crippen LogP contribution in [0.25, 0.3) is 10.9 Å². The first kappa shape index (κ1) is 21.1. The van der Waals surface area contributed by atoms with E-state index in [2.05, 4.69) is 5.32 Å². The molecule has 0 saturated heterocycles.